The van der Waals surface area contributed by atoms with Crippen LogP contribution >= 0.6 is 24.0 Å². The Morgan fingerprint density at radius 1 is 1.09 bits per heavy atom. The minimum absolute atomic E-state index is 0. The van der Waals surface area contributed by atoms with Gasteiger partial charge in [-0.25, -0.2) is 4.39 Å². The zero-order chi connectivity index (χ0) is 22.1. The van der Waals surface area contributed by atoms with Crippen LogP contribution in [-0.2, 0) is 11.3 Å². The van der Waals surface area contributed by atoms with Crippen molar-refractivity contribution >= 4 is 29.9 Å². The van der Waals surface area contributed by atoms with Gasteiger partial charge in [0, 0.05) is 33.2 Å². The molecule has 1 fully saturated rings. The van der Waals surface area contributed by atoms with E-state index in [1.807, 2.05) is 18.2 Å². The molecule has 0 spiro atoms. The fourth-order valence-corrected chi connectivity index (χ4v) is 3.65. The lowest BCUT2D eigenvalue weighted by Crippen LogP contribution is -2.46. The zero-order valence-electron chi connectivity index (χ0n) is 18.8. The fraction of sp³-hybridized carbons (Fsp3) is 0.435. The third-order valence-electron chi connectivity index (χ3n) is 5.31. The van der Waals surface area contributed by atoms with E-state index in [1.165, 1.54) is 12.1 Å². The number of hydrogen-bond acceptors (Lipinski definition) is 5. The van der Waals surface area contributed by atoms with E-state index in [0.29, 0.717) is 43.8 Å². The number of methoxy groups -OCH3 is 2. The molecule has 2 N–H and O–H groups in total. The predicted octanol–water partition coefficient (Wildman–Crippen LogP) is 3.20. The maximum absolute atomic E-state index is 13.4. The van der Waals surface area contributed by atoms with Gasteiger partial charge >= 0.3 is 0 Å². The first-order chi connectivity index (χ1) is 15.1. The number of nitrogens with one attached hydrogen (secondary N) is 2. The molecule has 1 saturated heterocycles. The molecule has 176 valence electrons. The lowest BCUT2D eigenvalue weighted by molar-refractivity contribution is 0.0169. The highest BCUT2D eigenvalue weighted by Gasteiger charge is 2.24. The Hall–Kier alpha value is -2.11. The van der Waals surface area contributed by atoms with Crippen LogP contribution in [0.5, 0.6) is 11.5 Å². The molecule has 0 aliphatic carbocycles. The van der Waals surface area contributed by atoms with E-state index in [4.69, 9.17) is 14.2 Å². The van der Waals surface area contributed by atoms with Crippen molar-refractivity contribution in [2.24, 2.45) is 4.99 Å². The van der Waals surface area contributed by atoms with E-state index in [1.54, 1.807) is 27.3 Å². The second-order valence-electron chi connectivity index (χ2n) is 7.22. The second kappa shape index (κ2) is 13.4. The van der Waals surface area contributed by atoms with Gasteiger partial charge in [0.1, 0.15) is 5.82 Å². The van der Waals surface area contributed by atoms with E-state index in [-0.39, 0.29) is 35.8 Å². The summed E-state index contributed by atoms with van der Waals surface area (Å²) in [5.41, 5.74) is 1.97. The maximum atomic E-state index is 13.4. The first kappa shape index (κ1) is 26.1. The van der Waals surface area contributed by atoms with Gasteiger partial charge in [-0.05, 0) is 35.4 Å². The largest absolute Gasteiger partial charge is 0.493 e. The van der Waals surface area contributed by atoms with Crippen molar-refractivity contribution in [1.82, 2.24) is 15.5 Å². The van der Waals surface area contributed by atoms with Gasteiger partial charge in [0.15, 0.2) is 17.5 Å². The molecular formula is C23H32FIN4O3. The van der Waals surface area contributed by atoms with Crippen molar-refractivity contribution < 1.29 is 18.6 Å². The fourth-order valence-electron chi connectivity index (χ4n) is 3.65. The summed E-state index contributed by atoms with van der Waals surface area (Å²) in [4.78, 5) is 6.70. The number of benzene rings is 2. The summed E-state index contributed by atoms with van der Waals surface area (Å²) in [6.45, 7) is 4.22. The van der Waals surface area contributed by atoms with Crippen LogP contribution in [0.2, 0.25) is 0 Å². The van der Waals surface area contributed by atoms with Crippen molar-refractivity contribution in [3.8, 4) is 11.5 Å². The predicted molar refractivity (Wildman–Crippen MR) is 135 cm³/mol. The quantitative estimate of drug-likeness (QED) is 0.295. The molecule has 0 radical (unpaired) electrons. The van der Waals surface area contributed by atoms with Crippen molar-refractivity contribution in [2.45, 2.75) is 12.6 Å². The highest BCUT2D eigenvalue weighted by molar-refractivity contribution is 14.0. The lowest BCUT2D eigenvalue weighted by Gasteiger charge is -2.35. The number of ether oxygens (including phenoxy) is 3. The molecule has 0 saturated carbocycles. The van der Waals surface area contributed by atoms with Crippen molar-refractivity contribution in [3.05, 3.63) is 59.4 Å². The van der Waals surface area contributed by atoms with E-state index < -0.39 is 0 Å². The number of morpholine rings is 1. The van der Waals surface area contributed by atoms with Gasteiger partial charge in [-0.15, -0.1) is 24.0 Å². The van der Waals surface area contributed by atoms with Crippen LogP contribution in [0.15, 0.2) is 47.5 Å². The van der Waals surface area contributed by atoms with E-state index in [9.17, 15) is 4.39 Å². The molecule has 9 heteroatoms. The Morgan fingerprint density at radius 3 is 2.50 bits per heavy atom. The minimum Gasteiger partial charge on any atom is -0.493 e. The highest BCUT2D eigenvalue weighted by Crippen LogP contribution is 2.32. The molecule has 1 heterocycles. The van der Waals surface area contributed by atoms with Gasteiger partial charge in [0.05, 0.1) is 33.5 Å². The first-order valence-corrected chi connectivity index (χ1v) is 10.4. The first-order valence-electron chi connectivity index (χ1n) is 10.4. The van der Waals surface area contributed by atoms with Crippen molar-refractivity contribution in [3.63, 3.8) is 0 Å². The molecule has 1 aliphatic rings. The Balaban J connectivity index is 0.00000363. The van der Waals surface area contributed by atoms with Gasteiger partial charge in [-0.2, -0.15) is 0 Å². The standard InChI is InChI=1S/C23H31FN4O3.HI/c1-25-23(26-15-17-5-4-6-19(24)13-17)27-16-20(28-9-11-31-12-10-28)18-7-8-21(29-2)22(14-18)30-3;/h4-8,13-14,20H,9-12,15-16H2,1-3H3,(H2,25,26,27);1H. The molecule has 2 aromatic carbocycles. The maximum Gasteiger partial charge on any atom is 0.191 e. The molecule has 0 amide bonds. The Labute approximate surface area is 206 Å². The summed E-state index contributed by atoms with van der Waals surface area (Å²) >= 11 is 0. The summed E-state index contributed by atoms with van der Waals surface area (Å²) < 4.78 is 29.9. The topological polar surface area (TPSA) is 67.4 Å². The molecular weight excluding hydrogens is 526 g/mol. The molecule has 1 unspecified atom stereocenters. The smallest absolute Gasteiger partial charge is 0.191 e. The Bertz CT molecular complexity index is 878. The molecule has 7 nitrogen and oxygen atoms in total. The van der Waals surface area contributed by atoms with E-state index in [2.05, 4.69) is 26.6 Å². The average molecular weight is 558 g/mol. The monoisotopic (exact) mass is 558 g/mol. The molecule has 0 bridgehead atoms. The van der Waals surface area contributed by atoms with Crippen molar-refractivity contribution in [2.75, 3.05) is 54.1 Å². The number of nitrogens with zero attached hydrogens (tertiary/aromatic N) is 2. The number of rotatable bonds is 8. The molecule has 0 aromatic heterocycles. The lowest BCUT2D eigenvalue weighted by atomic mass is 10.0. The normalized spacial score (nSPS) is 15.4. The number of hydrogen-bond donors (Lipinski definition) is 2. The van der Waals surface area contributed by atoms with Crippen LogP contribution in [0.25, 0.3) is 0 Å². The van der Waals surface area contributed by atoms with Crippen LogP contribution in [0.3, 0.4) is 0 Å². The number of guanidine groups is 1. The third kappa shape index (κ3) is 7.21. The van der Waals surface area contributed by atoms with E-state index >= 15 is 0 Å². The highest BCUT2D eigenvalue weighted by atomic mass is 127. The van der Waals surface area contributed by atoms with Crippen LogP contribution in [0.1, 0.15) is 17.2 Å². The van der Waals surface area contributed by atoms with Gasteiger partial charge < -0.3 is 24.8 Å². The van der Waals surface area contributed by atoms with Gasteiger partial charge in [0.25, 0.3) is 0 Å². The summed E-state index contributed by atoms with van der Waals surface area (Å²) in [6.07, 6.45) is 0. The Morgan fingerprint density at radius 2 is 1.84 bits per heavy atom. The van der Waals surface area contributed by atoms with Crippen LogP contribution in [-0.4, -0.2) is 65.0 Å². The van der Waals surface area contributed by atoms with Gasteiger partial charge in [-0.3, -0.25) is 9.89 Å². The zero-order valence-corrected chi connectivity index (χ0v) is 21.1. The molecule has 3 rings (SSSR count). The average Bonchev–Trinajstić information content (AvgIpc) is 2.81. The molecule has 2 aromatic rings. The van der Waals surface area contributed by atoms with E-state index in [0.717, 1.165) is 24.2 Å². The third-order valence-corrected chi connectivity index (χ3v) is 5.31. The molecule has 1 atom stereocenters. The SMILES string of the molecule is CN=C(NCc1cccc(F)c1)NCC(c1ccc(OC)c(OC)c1)N1CCOCC1.I. The van der Waals surface area contributed by atoms with Crippen LogP contribution in [0, 0.1) is 5.82 Å². The Kier molecular flexibility index (Phi) is 11.0. The molecule has 1 aliphatic heterocycles. The number of halogens is 2. The van der Waals surface area contributed by atoms with Crippen LogP contribution < -0.4 is 20.1 Å². The summed E-state index contributed by atoms with van der Waals surface area (Å²) in [6, 6.07) is 12.6. The molecule has 32 heavy (non-hydrogen) atoms. The summed E-state index contributed by atoms with van der Waals surface area (Å²) in [7, 11) is 5.00. The van der Waals surface area contributed by atoms with Gasteiger partial charge in [-0.1, -0.05) is 18.2 Å². The second-order valence-corrected chi connectivity index (χ2v) is 7.22. The van der Waals surface area contributed by atoms with Crippen molar-refractivity contribution in [1.29, 1.82) is 0 Å². The minimum atomic E-state index is -0.247. The summed E-state index contributed by atoms with van der Waals surface area (Å²) in [5, 5.41) is 6.65. The van der Waals surface area contributed by atoms with Gasteiger partial charge in [0.2, 0.25) is 0 Å². The summed E-state index contributed by atoms with van der Waals surface area (Å²) in [5.74, 6) is 1.81. The number of aliphatic imine (C=N–C) groups is 1. The van der Waals surface area contributed by atoms with Crippen LogP contribution in [0.4, 0.5) is 4.39 Å².